The summed E-state index contributed by atoms with van der Waals surface area (Å²) in [4.78, 5) is 16.4. The van der Waals surface area contributed by atoms with Gasteiger partial charge in [-0.25, -0.2) is 5.10 Å². The molecule has 33 heavy (non-hydrogen) atoms. The molecule has 3 aromatic rings. The van der Waals surface area contributed by atoms with Crippen LogP contribution in [0.2, 0.25) is 5.02 Å². The molecule has 8 nitrogen and oxygen atoms in total. The third-order valence-corrected chi connectivity index (χ3v) is 7.16. The van der Waals surface area contributed by atoms with Crippen molar-refractivity contribution < 1.29 is 14.3 Å². The van der Waals surface area contributed by atoms with Crippen molar-refractivity contribution in [2.45, 2.75) is 28.6 Å². The van der Waals surface area contributed by atoms with E-state index in [1.54, 1.807) is 23.9 Å². The van der Waals surface area contributed by atoms with Crippen LogP contribution in [0.3, 0.4) is 0 Å². The van der Waals surface area contributed by atoms with Crippen molar-refractivity contribution in [3.8, 4) is 11.5 Å². The van der Waals surface area contributed by atoms with Crippen molar-refractivity contribution in [3.05, 3.63) is 58.9 Å². The molecule has 0 bridgehead atoms. The lowest BCUT2D eigenvalue weighted by molar-refractivity contribution is -0.127. The summed E-state index contributed by atoms with van der Waals surface area (Å²) in [6.07, 6.45) is 5.09. The van der Waals surface area contributed by atoms with Crippen LogP contribution in [0, 0.1) is 0 Å². The molecule has 1 saturated heterocycles. The molecule has 3 heterocycles. The Morgan fingerprint density at radius 3 is 2.70 bits per heavy atom. The van der Waals surface area contributed by atoms with Crippen molar-refractivity contribution in [1.29, 1.82) is 0 Å². The zero-order valence-electron chi connectivity index (χ0n) is 17.7. The Bertz CT molecular complexity index is 1160. The van der Waals surface area contributed by atoms with Gasteiger partial charge in [-0.05, 0) is 65.2 Å². The highest BCUT2D eigenvalue weighted by Gasteiger charge is 2.24. The second-order valence-electron chi connectivity index (χ2n) is 7.82. The number of hydrogen-bond acceptors (Lipinski definition) is 7. The summed E-state index contributed by atoms with van der Waals surface area (Å²) < 4.78 is 11.2. The number of halogens is 1. The normalized spacial score (nSPS) is 16.3. The van der Waals surface area contributed by atoms with Gasteiger partial charge in [-0.1, -0.05) is 29.4 Å². The van der Waals surface area contributed by atoms with Crippen molar-refractivity contribution in [2.75, 3.05) is 26.3 Å². The highest BCUT2D eigenvalue weighted by atomic mass is 35.5. The van der Waals surface area contributed by atoms with E-state index in [1.165, 1.54) is 0 Å². The van der Waals surface area contributed by atoms with Crippen LogP contribution in [0.4, 0.5) is 0 Å². The number of benzene rings is 2. The van der Waals surface area contributed by atoms with E-state index in [0.29, 0.717) is 31.3 Å². The predicted molar refractivity (Wildman–Crippen MR) is 125 cm³/mol. The third-order valence-electron chi connectivity index (χ3n) is 5.67. The zero-order valence-corrected chi connectivity index (χ0v) is 19.3. The number of piperidine rings is 1. The Morgan fingerprint density at radius 1 is 1.12 bits per heavy atom. The van der Waals surface area contributed by atoms with Gasteiger partial charge in [-0.15, -0.1) is 5.10 Å². The largest absolute Gasteiger partial charge is 0.486 e. The van der Waals surface area contributed by atoms with Crippen molar-refractivity contribution in [3.63, 3.8) is 0 Å². The molecule has 2 aliphatic heterocycles. The quantitative estimate of drug-likeness (QED) is 0.543. The maximum absolute atomic E-state index is 12.6. The van der Waals surface area contributed by atoms with Gasteiger partial charge in [-0.3, -0.25) is 4.79 Å². The van der Waals surface area contributed by atoms with Crippen molar-refractivity contribution in [2.24, 2.45) is 0 Å². The van der Waals surface area contributed by atoms with E-state index in [1.807, 2.05) is 41.3 Å². The van der Waals surface area contributed by atoms with E-state index in [2.05, 4.69) is 20.6 Å². The number of H-pyrrole nitrogens is 1. The fraction of sp³-hybridized carbons (Fsp3) is 0.304. The summed E-state index contributed by atoms with van der Waals surface area (Å²) in [5.74, 6) is 2.57. The van der Waals surface area contributed by atoms with Gasteiger partial charge in [-0.2, -0.15) is 0 Å². The Balaban J connectivity index is 1.18. The second kappa shape index (κ2) is 9.84. The fourth-order valence-corrected chi connectivity index (χ4v) is 5.06. The standard InChI is InChI=1S/C23H22ClN5O3S/c24-18-13-15(1-5-21(18)33-17-3-4-19-20(14-17)32-12-11-31-19)2-6-22(30)29-9-7-16(8-10-29)23-25-27-28-26-23/h1-6,13-14,16H,7-12H2,(H,25,26,27,28). The van der Waals surface area contributed by atoms with Crippen LogP contribution in [0.25, 0.3) is 6.08 Å². The maximum atomic E-state index is 12.6. The summed E-state index contributed by atoms with van der Waals surface area (Å²) in [7, 11) is 0. The van der Waals surface area contributed by atoms with Crippen LogP contribution < -0.4 is 9.47 Å². The van der Waals surface area contributed by atoms with Crippen LogP contribution in [-0.4, -0.2) is 57.7 Å². The lowest BCUT2D eigenvalue weighted by Crippen LogP contribution is -2.37. The first-order valence-corrected chi connectivity index (χ1v) is 11.9. The lowest BCUT2D eigenvalue weighted by atomic mass is 9.96. The number of hydrogen-bond donors (Lipinski definition) is 1. The van der Waals surface area contributed by atoms with Crippen molar-refractivity contribution in [1.82, 2.24) is 25.5 Å². The summed E-state index contributed by atoms with van der Waals surface area (Å²) >= 11 is 8.08. The Morgan fingerprint density at radius 2 is 1.94 bits per heavy atom. The Labute approximate surface area is 200 Å². The number of fused-ring (bicyclic) bond motifs is 1. The molecule has 0 unspecified atom stereocenters. The van der Waals surface area contributed by atoms with E-state index in [-0.39, 0.29) is 11.8 Å². The second-order valence-corrected chi connectivity index (χ2v) is 9.34. The molecular weight excluding hydrogens is 462 g/mol. The summed E-state index contributed by atoms with van der Waals surface area (Å²) in [6.45, 7) is 2.49. The van der Waals surface area contributed by atoms with Gasteiger partial charge < -0.3 is 14.4 Å². The molecule has 0 atom stereocenters. The molecule has 1 N–H and O–H groups in total. The first-order valence-electron chi connectivity index (χ1n) is 10.7. The Hall–Kier alpha value is -3.04. The molecule has 0 aliphatic carbocycles. The number of likely N-dealkylation sites (tertiary alicyclic amines) is 1. The van der Waals surface area contributed by atoms with Gasteiger partial charge >= 0.3 is 0 Å². The first kappa shape index (κ1) is 21.8. The topological polar surface area (TPSA) is 93.2 Å². The van der Waals surface area contributed by atoms with E-state index < -0.39 is 0 Å². The molecule has 0 radical (unpaired) electrons. The van der Waals surface area contributed by atoms with Crippen LogP contribution >= 0.6 is 23.4 Å². The molecule has 1 aromatic heterocycles. The van der Waals surface area contributed by atoms with Gasteiger partial charge in [0.15, 0.2) is 17.3 Å². The number of carbonyl (C=O) groups excluding carboxylic acids is 1. The predicted octanol–water partition coefficient (Wildman–Crippen LogP) is 4.19. The molecule has 2 aliphatic rings. The SMILES string of the molecule is O=C(C=Cc1ccc(Sc2ccc3c(c2)OCCO3)c(Cl)c1)N1CCC(c2nnn[nH]2)CC1. The van der Waals surface area contributed by atoms with Crippen LogP contribution in [0.1, 0.15) is 30.1 Å². The molecule has 0 saturated carbocycles. The monoisotopic (exact) mass is 483 g/mol. The Kier molecular flexibility index (Phi) is 6.50. The fourth-order valence-electron chi connectivity index (χ4n) is 3.90. The summed E-state index contributed by atoms with van der Waals surface area (Å²) in [5.41, 5.74) is 0.877. The van der Waals surface area contributed by atoms with Crippen molar-refractivity contribution >= 4 is 35.3 Å². The van der Waals surface area contributed by atoms with Gasteiger partial charge in [0, 0.05) is 34.9 Å². The summed E-state index contributed by atoms with van der Waals surface area (Å²) in [6, 6.07) is 11.7. The molecule has 10 heteroatoms. The molecular formula is C23H22ClN5O3S. The molecule has 2 aromatic carbocycles. The highest BCUT2D eigenvalue weighted by molar-refractivity contribution is 7.99. The van der Waals surface area contributed by atoms with E-state index in [4.69, 9.17) is 21.1 Å². The van der Waals surface area contributed by atoms with Gasteiger partial charge in [0.1, 0.15) is 13.2 Å². The number of aromatic amines is 1. The van der Waals surface area contributed by atoms with Gasteiger partial charge in [0.25, 0.3) is 0 Å². The van der Waals surface area contributed by atoms with Gasteiger partial charge in [0.2, 0.25) is 5.91 Å². The lowest BCUT2D eigenvalue weighted by Gasteiger charge is -2.29. The number of aromatic nitrogens is 4. The molecule has 5 rings (SSSR count). The van der Waals surface area contributed by atoms with E-state index >= 15 is 0 Å². The molecule has 1 amide bonds. The summed E-state index contributed by atoms with van der Waals surface area (Å²) in [5, 5.41) is 14.7. The third kappa shape index (κ3) is 5.15. The average Bonchev–Trinajstić information content (AvgIpc) is 3.39. The number of rotatable bonds is 5. The minimum absolute atomic E-state index is 0.00463. The average molecular weight is 484 g/mol. The number of nitrogens with one attached hydrogen (secondary N) is 1. The minimum atomic E-state index is -0.00463. The maximum Gasteiger partial charge on any atom is 0.246 e. The van der Waals surface area contributed by atoms with Crippen LogP contribution in [0.15, 0.2) is 52.3 Å². The number of tetrazole rings is 1. The van der Waals surface area contributed by atoms with Gasteiger partial charge in [0.05, 0.1) is 5.02 Å². The number of ether oxygens (including phenoxy) is 2. The number of amides is 1. The molecule has 0 spiro atoms. The highest BCUT2D eigenvalue weighted by Crippen LogP contribution is 2.39. The van der Waals surface area contributed by atoms with E-state index in [0.717, 1.165) is 45.5 Å². The number of nitrogens with zero attached hydrogens (tertiary/aromatic N) is 4. The first-order chi connectivity index (χ1) is 16.2. The number of carbonyl (C=O) groups is 1. The van der Waals surface area contributed by atoms with Crippen LogP contribution in [-0.2, 0) is 4.79 Å². The smallest absolute Gasteiger partial charge is 0.246 e. The van der Waals surface area contributed by atoms with E-state index in [9.17, 15) is 4.79 Å². The minimum Gasteiger partial charge on any atom is -0.486 e. The zero-order chi connectivity index (χ0) is 22.6. The van der Waals surface area contributed by atoms with Crippen LogP contribution in [0.5, 0.6) is 11.5 Å². The molecule has 1 fully saturated rings. The molecule has 170 valence electrons.